The Morgan fingerprint density at radius 2 is 2.14 bits per heavy atom. The molecule has 0 aliphatic heterocycles. The lowest BCUT2D eigenvalue weighted by molar-refractivity contribution is 0.0562. The van der Waals surface area contributed by atoms with Gasteiger partial charge in [-0.15, -0.1) is 0 Å². The van der Waals surface area contributed by atoms with Crippen LogP contribution >= 0.6 is 0 Å². The molecule has 0 fully saturated rings. The zero-order valence-corrected chi connectivity index (χ0v) is 12.3. The number of furan rings is 1. The minimum atomic E-state index is -0.605. The van der Waals surface area contributed by atoms with Crippen molar-refractivity contribution in [3.8, 4) is 0 Å². The third kappa shape index (κ3) is 3.07. The van der Waals surface area contributed by atoms with Gasteiger partial charge in [0.2, 0.25) is 5.76 Å². The van der Waals surface area contributed by atoms with Crippen molar-refractivity contribution < 1.29 is 23.5 Å². The minimum Gasteiger partial charge on any atom is -0.463 e. The zero-order valence-electron chi connectivity index (χ0n) is 12.3. The number of hydrazone groups is 1. The Hall–Kier alpha value is -2.31. The van der Waals surface area contributed by atoms with Gasteiger partial charge in [-0.2, -0.15) is 5.10 Å². The number of carbonyl (C=O) groups excluding carboxylic acids is 2. The van der Waals surface area contributed by atoms with Gasteiger partial charge in [-0.05, 0) is 26.7 Å². The molecule has 7 nitrogen and oxygen atoms in total. The Bertz CT molecular complexity index is 588. The first kappa shape index (κ1) is 15.1. The first-order valence-corrected chi connectivity index (χ1v) is 6.78. The number of hydrogen-bond acceptors (Lipinski definition) is 6. The van der Waals surface area contributed by atoms with Gasteiger partial charge in [-0.3, -0.25) is 0 Å². The molecule has 1 aliphatic carbocycles. The minimum absolute atomic E-state index is 0.188. The monoisotopic (exact) mass is 294 g/mol. The molecule has 0 bridgehead atoms. The Morgan fingerprint density at radius 1 is 1.38 bits per heavy atom. The summed E-state index contributed by atoms with van der Waals surface area (Å²) in [5, 5.41) is 4.08. The van der Waals surface area contributed by atoms with Crippen LogP contribution in [0.5, 0.6) is 0 Å². The van der Waals surface area contributed by atoms with Crippen molar-refractivity contribution in [1.29, 1.82) is 0 Å². The molecule has 21 heavy (non-hydrogen) atoms. The normalized spacial score (nSPS) is 15.5. The Balaban J connectivity index is 2.30. The summed E-state index contributed by atoms with van der Waals surface area (Å²) in [6, 6.07) is 0. The number of rotatable bonds is 3. The Morgan fingerprint density at radius 3 is 2.81 bits per heavy atom. The lowest BCUT2D eigenvalue weighted by Crippen LogP contribution is -2.22. The van der Waals surface area contributed by atoms with Crippen LogP contribution in [0.4, 0.5) is 4.79 Å². The van der Waals surface area contributed by atoms with Crippen LogP contribution in [0.25, 0.3) is 0 Å². The van der Waals surface area contributed by atoms with E-state index in [1.54, 1.807) is 13.8 Å². The van der Waals surface area contributed by atoms with E-state index in [4.69, 9.17) is 13.9 Å². The van der Waals surface area contributed by atoms with Crippen LogP contribution in [-0.4, -0.2) is 31.5 Å². The highest BCUT2D eigenvalue weighted by molar-refractivity contribution is 6.06. The molecule has 0 aromatic carbocycles. The molecule has 1 heterocycles. The molecule has 114 valence electrons. The molecule has 1 N–H and O–H groups in total. The third-order valence-corrected chi connectivity index (χ3v) is 3.25. The fourth-order valence-corrected chi connectivity index (χ4v) is 2.34. The second kappa shape index (κ2) is 6.43. The van der Waals surface area contributed by atoms with Crippen LogP contribution in [0.2, 0.25) is 0 Å². The summed E-state index contributed by atoms with van der Waals surface area (Å²) < 4.78 is 15.0. The average molecular weight is 294 g/mol. The highest BCUT2D eigenvalue weighted by Crippen LogP contribution is 2.30. The van der Waals surface area contributed by atoms with E-state index in [0.29, 0.717) is 23.5 Å². The van der Waals surface area contributed by atoms with Gasteiger partial charge in [0.25, 0.3) is 0 Å². The predicted molar refractivity (Wildman–Crippen MR) is 74.4 cm³/mol. The number of amides is 1. The second-order valence-electron chi connectivity index (χ2n) is 4.59. The van der Waals surface area contributed by atoms with E-state index in [0.717, 1.165) is 18.4 Å². The maximum Gasteiger partial charge on any atom is 0.427 e. The number of nitrogens with zero attached hydrogens (tertiary/aromatic N) is 1. The molecule has 0 saturated heterocycles. The number of aryl methyl sites for hydroxylation is 1. The van der Waals surface area contributed by atoms with E-state index >= 15 is 0 Å². The van der Waals surface area contributed by atoms with E-state index in [9.17, 15) is 9.59 Å². The van der Waals surface area contributed by atoms with Crippen LogP contribution in [0, 0.1) is 6.92 Å². The molecule has 0 radical (unpaired) electrons. The molecule has 0 unspecified atom stereocenters. The maximum atomic E-state index is 11.7. The SMILES string of the molecule is CCOC(=O)N/N=C1\CCCc2oc(C(=O)OC)c(C)c21. The summed E-state index contributed by atoms with van der Waals surface area (Å²) in [6.07, 6.45) is 1.65. The summed E-state index contributed by atoms with van der Waals surface area (Å²) in [7, 11) is 1.31. The molecule has 1 aromatic rings. The van der Waals surface area contributed by atoms with Crippen LogP contribution in [-0.2, 0) is 15.9 Å². The average Bonchev–Trinajstić information content (AvgIpc) is 2.82. The number of esters is 1. The predicted octanol–water partition coefficient (Wildman–Crippen LogP) is 2.16. The second-order valence-corrected chi connectivity index (χ2v) is 4.59. The molecule has 0 atom stereocenters. The van der Waals surface area contributed by atoms with Crippen molar-refractivity contribution in [3.63, 3.8) is 0 Å². The number of fused-ring (bicyclic) bond motifs is 1. The van der Waals surface area contributed by atoms with Gasteiger partial charge in [0.05, 0.1) is 19.4 Å². The Labute approximate surface area is 122 Å². The van der Waals surface area contributed by atoms with Gasteiger partial charge in [0, 0.05) is 17.5 Å². The van der Waals surface area contributed by atoms with E-state index in [2.05, 4.69) is 10.5 Å². The van der Waals surface area contributed by atoms with Crippen molar-refractivity contribution in [2.75, 3.05) is 13.7 Å². The summed E-state index contributed by atoms with van der Waals surface area (Å²) in [6.45, 7) is 3.77. The topological polar surface area (TPSA) is 90.1 Å². The van der Waals surface area contributed by atoms with Crippen molar-refractivity contribution in [2.24, 2.45) is 5.10 Å². The molecular weight excluding hydrogens is 276 g/mol. The number of methoxy groups -OCH3 is 1. The molecule has 1 amide bonds. The number of nitrogens with one attached hydrogen (secondary N) is 1. The van der Waals surface area contributed by atoms with Crippen molar-refractivity contribution in [1.82, 2.24) is 5.43 Å². The molecule has 2 rings (SSSR count). The van der Waals surface area contributed by atoms with Gasteiger partial charge < -0.3 is 13.9 Å². The van der Waals surface area contributed by atoms with Crippen molar-refractivity contribution in [2.45, 2.75) is 33.1 Å². The highest BCUT2D eigenvalue weighted by Gasteiger charge is 2.28. The van der Waals surface area contributed by atoms with Crippen LogP contribution < -0.4 is 5.43 Å². The maximum absolute atomic E-state index is 11.7. The number of carbonyl (C=O) groups is 2. The van der Waals surface area contributed by atoms with Crippen LogP contribution in [0.15, 0.2) is 9.52 Å². The van der Waals surface area contributed by atoms with E-state index in [1.807, 2.05) is 0 Å². The van der Waals surface area contributed by atoms with Gasteiger partial charge in [0.15, 0.2) is 0 Å². The van der Waals surface area contributed by atoms with Gasteiger partial charge in [0.1, 0.15) is 5.76 Å². The first-order chi connectivity index (χ1) is 10.1. The molecule has 7 heteroatoms. The zero-order chi connectivity index (χ0) is 15.4. The van der Waals surface area contributed by atoms with Gasteiger partial charge in [-0.1, -0.05) is 0 Å². The summed E-state index contributed by atoms with van der Waals surface area (Å²) in [5.41, 5.74) is 4.48. The quantitative estimate of drug-likeness (QED) is 0.681. The Kier molecular flexibility index (Phi) is 4.62. The van der Waals surface area contributed by atoms with Gasteiger partial charge in [-0.25, -0.2) is 15.0 Å². The highest BCUT2D eigenvalue weighted by atomic mass is 16.6. The molecular formula is C14H18N2O5. The third-order valence-electron chi connectivity index (χ3n) is 3.25. The standard InChI is InChI=1S/C14H18N2O5/c1-4-20-14(18)16-15-9-6-5-7-10-11(9)8(2)12(21-10)13(17)19-3/h4-7H2,1-3H3,(H,16,18)/b15-9+. The van der Waals surface area contributed by atoms with Crippen LogP contribution in [0.3, 0.4) is 0 Å². The van der Waals surface area contributed by atoms with Gasteiger partial charge >= 0.3 is 12.1 Å². The largest absolute Gasteiger partial charge is 0.463 e. The number of ether oxygens (including phenoxy) is 2. The smallest absolute Gasteiger partial charge is 0.427 e. The summed E-state index contributed by atoms with van der Waals surface area (Å²) in [4.78, 5) is 23.0. The van der Waals surface area contributed by atoms with E-state index in [1.165, 1.54) is 7.11 Å². The first-order valence-electron chi connectivity index (χ1n) is 6.78. The number of hydrogen-bond donors (Lipinski definition) is 1. The molecule has 1 aromatic heterocycles. The lowest BCUT2D eigenvalue weighted by Gasteiger charge is -2.13. The fraction of sp³-hybridized carbons (Fsp3) is 0.500. The van der Waals surface area contributed by atoms with Crippen molar-refractivity contribution >= 4 is 17.8 Å². The van der Waals surface area contributed by atoms with E-state index in [-0.39, 0.29) is 12.4 Å². The molecule has 1 aliphatic rings. The summed E-state index contributed by atoms with van der Waals surface area (Å²) >= 11 is 0. The van der Waals surface area contributed by atoms with Crippen LogP contribution in [0.1, 0.15) is 47.2 Å². The fourth-order valence-electron chi connectivity index (χ4n) is 2.34. The lowest BCUT2D eigenvalue weighted by atomic mass is 9.93. The van der Waals surface area contributed by atoms with E-state index < -0.39 is 12.1 Å². The molecule has 0 saturated carbocycles. The van der Waals surface area contributed by atoms with Crippen molar-refractivity contribution in [3.05, 3.63) is 22.6 Å². The molecule has 0 spiro atoms. The summed E-state index contributed by atoms with van der Waals surface area (Å²) in [5.74, 6) is 0.372.